The van der Waals surface area contributed by atoms with E-state index in [0.29, 0.717) is 5.92 Å². The Hall–Kier alpha value is -1.53. The van der Waals surface area contributed by atoms with Crippen LogP contribution in [-0.2, 0) is 9.53 Å². The van der Waals surface area contributed by atoms with E-state index in [0.717, 1.165) is 11.4 Å². The van der Waals surface area contributed by atoms with Gasteiger partial charge in [0.2, 0.25) is 0 Å². The van der Waals surface area contributed by atoms with Gasteiger partial charge in [-0.25, -0.2) is 0 Å². The molecule has 4 atom stereocenters. The van der Waals surface area contributed by atoms with Crippen LogP contribution in [-0.4, -0.2) is 43.5 Å². The topological polar surface area (TPSA) is 38.8 Å². The molecular formula is C31H45NO3Sn. The quantitative estimate of drug-likeness (QED) is 0.163. The van der Waals surface area contributed by atoms with Crippen LogP contribution in [0.4, 0.5) is 5.69 Å². The molecule has 0 aromatic heterocycles. The number of hydrogen-bond acceptors (Lipinski definition) is 3. The number of nitrogens with zero attached hydrogens (tertiary/aromatic N) is 1. The summed E-state index contributed by atoms with van der Waals surface area (Å²) in [5.41, 5.74) is 2.21. The van der Waals surface area contributed by atoms with Crippen molar-refractivity contribution in [2.24, 2.45) is 5.92 Å². The van der Waals surface area contributed by atoms with E-state index in [4.69, 9.17) is 9.47 Å². The molecule has 1 amide bonds. The molecule has 0 bridgehead atoms. The Morgan fingerprint density at radius 1 is 0.833 bits per heavy atom. The molecule has 196 valence electrons. The first kappa shape index (κ1) is 27.5. The molecule has 0 aliphatic carbocycles. The molecule has 2 aromatic rings. The van der Waals surface area contributed by atoms with Gasteiger partial charge in [-0.3, -0.25) is 0 Å². The minimum absolute atomic E-state index is 0.00866. The summed E-state index contributed by atoms with van der Waals surface area (Å²) in [5.74, 6) is 1.31. The van der Waals surface area contributed by atoms with Crippen molar-refractivity contribution in [1.29, 1.82) is 0 Å². The van der Waals surface area contributed by atoms with Gasteiger partial charge in [-0.05, 0) is 0 Å². The molecule has 0 spiro atoms. The zero-order valence-corrected chi connectivity index (χ0v) is 25.6. The van der Waals surface area contributed by atoms with Crippen molar-refractivity contribution in [3.05, 3.63) is 60.2 Å². The summed E-state index contributed by atoms with van der Waals surface area (Å²) < 4.78 is 17.8. The zero-order valence-electron chi connectivity index (χ0n) is 22.7. The van der Waals surface area contributed by atoms with Crippen LogP contribution in [0.15, 0.2) is 54.6 Å². The average molecular weight is 598 g/mol. The molecular weight excluding hydrogens is 553 g/mol. The van der Waals surface area contributed by atoms with E-state index in [9.17, 15) is 4.79 Å². The molecule has 4 rings (SSSR count). The number of hydrogen-bond donors (Lipinski definition) is 0. The number of amides is 1. The molecule has 2 aromatic carbocycles. The summed E-state index contributed by atoms with van der Waals surface area (Å²) in [6, 6.07) is 18.8. The van der Waals surface area contributed by atoms with Crippen LogP contribution in [0.5, 0.6) is 5.75 Å². The number of ether oxygens (including phenoxy) is 2. The van der Waals surface area contributed by atoms with E-state index in [1.54, 1.807) is 7.11 Å². The van der Waals surface area contributed by atoms with Crippen molar-refractivity contribution in [3.8, 4) is 5.75 Å². The van der Waals surface area contributed by atoms with E-state index in [-0.39, 0.29) is 24.2 Å². The zero-order chi connectivity index (χ0) is 25.5. The predicted molar refractivity (Wildman–Crippen MR) is 152 cm³/mol. The second kappa shape index (κ2) is 12.8. The van der Waals surface area contributed by atoms with Gasteiger partial charge in [0, 0.05) is 0 Å². The monoisotopic (exact) mass is 599 g/mol. The Bertz CT molecular complexity index is 942. The van der Waals surface area contributed by atoms with Crippen molar-refractivity contribution in [1.82, 2.24) is 0 Å². The summed E-state index contributed by atoms with van der Waals surface area (Å²) >= 11 is -2.49. The minimum atomic E-state index is -2.49. The molecule has 0 unspecified atom stereocenters. The van der Waals surface area contributed by atoms with Crippen molar-refractivity contribution >= 4 is 30.0 Å². The van der Waals surface area contributed by atoms with Gasteiger partial charge in [0.25, 0.3) is 0 Å². The second-order valence-electron chi connectivity index (χ2n) is 11.0. The second-order valence-corrected chi connectivity index (χ2v) is 25.0. The number of carbonyl (C=O) groups is 1. The Balaban J connectivity index is 1.70. The molecule has 4 nitrogen and oxygen atoms in total. The maximum absolute atomic E-state index is 13.4. The Labute approximate surface area is 222 Å². The summed E-state index contributed by atoms with van der Waals surface area (Å²) in [7, 11) is 1.68. The number of β-lactam (4-membered cyclic amide) rings is 1. The molecule has 2 heterocycles. The number of unbranched alkanes of at least 4 members (excludes halogenated alkanes) is 3. The molecule has 2 aliphatic rings. The molecule has 5 heteroatoms. The fraction of sp³-hybridized carbons (Fsp3) is 0.581. The molecule has 2 aliphatic heterocycles. The van der Waals surface area contributed by atoms with Crippen LogP contribution in [0.25, 0.3) is 0 Å². The Morgan fingerprint density at radius 3 is 1.94 bits per heavy atom. The summed E-state index contributed by atoms with van der Waals surface area (Å²) in [6.45, 7) is 7.02. The third-order valence-corrected chi connectivity index (χ3v) is 24.5. The molecule has 36 heavy (non-hydrogen) atoms. The number of anilines is 1. The van der Waals surface area contributed by atoms with Crippen LogP contribution in [0.2, 0.25) is 17.7 Å². The molecule has 0 radical (unpaired) electrons. The predicted octanol–water partition coefficient (Wildman–Crippen LogP) is 8.02. The van der Waals surface area contributed by atoms with Crippen molar-refractivity contribution in [2.75, 3.05) is 12.0 Å². The van der Waals surface area contributed by atoms with Crippen LogP contribution >= 0.6 is 0 Å². The molecule has 0 saturated carbocycles. The first-order chi connectivity index (χ1) is 17.6. The van der Waals surface area contributed by atoms with Gasteiger partial charge < -0.3 is 0 Å². The number of rotatable bonds is 14. The third-order valence-electron chi connectivity index (χ3n) is 8.54. The van der Waals surface area contributed by atoms with Gasteiger partial charge in [0.1, 0.15) is 0 Å². The number of methoxy groups -OCH3 is 1. The number of fused-ring (bicyclic) bond motifs is 1. The first-order valence-corrected chi connectivity index (χ1v) is 22.3. The fourth-order valence-electron chi connectivity index (χ4n) is 6.55. The van der Waals surface area contributed by atoms with Crippen LogP contribution < -0.4 is 9.64 Å². The molecule has 2 saturated heterocycles. The van der Waals surface area contributed by atoms with Crippen LogP contribution in [0.1, 0.15) is 71.0 Å². The van der Waals surface area contributed by atoms with Crippen LogP contribution in [0.3, 0.4) is 0 Å². The van der Waals surface area contributed by atoms with Gasteiger partial charge in [0.15, 0.2) is 0 Å². The van der Waals surface area contributed by atoms with Gasteiger partial charge in [-0.2, -0.15) is 0 Å². The van der Waals surface area contributed by atoms with E-state index in [2.05, 4.69) is 51.1 Å². The van der Waals surface area contributed by atoms with E-state index in [1.165, 1.54) is 61.8 Å². The average Bonchev–Trinajstić information content (AvgIpc) is 3.24. The van der Waals surface area contributed by atoms with Gasteiger partial charge >= 0.3 is 223 Å². The number of carbonyl (C=O) groups excluding carboxylic acids is 1. The van der Waals surface area contributed by atoms with Gasteiger partial charge in [-0.1, -0.05) is 0 Å². The van der Waals surface area contributed by atoms with Crippen molar-refractivity contribution < 1.29 is 14.3 Å². The summed E-state index contributed by atoms with van der Waals surface area (Å²) in [6.07, 6.45) is 7.63. The van der Waals surface area contributed by atoms with Crippen LogP contribution in [0, 0.1) is 5.92 Å². The Kier molecular flexibility index (Phi) is 9.79. The number of benzene rings is 2. The Morgan fingerprint density at radius 2 is 1.42 bits per heavy atom. The molecule has 2 fully saturated rings. The van der Waals surface area contributed by atoms with E-state index in [1.807, 2.05) is 29.2 Å². The van der Waals surface area contributed by atoms with E-state index < -0.39 is 18.4 Å². The maximum atomic E-state index is 13.4. The van der Waals surface area contributed by atoms with Crippen molar-refractivity contribution in [3.63, 3.8) is 0 Å². The fourth-order valence-corrected chi connectivity index (χ4v) is 24.0. The SMILES string of the molecule is CCC[CH2][Sn]([CH2]CCC)([CH2]CCC)[CH2][C@H]1[C@H]2[C@@H](O[C@H]1c1ccccc1)C(=O)N2c1ccc(OC)cc1. The van der Waals surface area contributed by atoms with Gasteiger partial charge in [-0.15, -0.1) is 0 Å². The molecule has 0 N–H and O–H groups in total. The standard InChI is InChI=1S/C19H18NO3.3C4H9.Sn/c1-12-16-18(23-17(12)13-6-4-3-5-7-13)19(21)20(16)14-8-10-15(22-2)11-9-14;3*1-3-4-2;/h3-12,16-18H,1H2,2H3;3*1,3-4H2,2H3;/t12-,16-,17+,18+;;;;/m0..../s1. The van der Waals surface area contributed by atoms with E-state index >= 15 is 0 Å². The van der Waals surface area contributed by atoms with Crippen molar-refractivity contribution in [2.45, 2.75) is 95.3 Å². The first-order valence-electron chi connectivity index (χ1n) is 14.2. The third kappa shape index (κ3) is 5.80. The summed E-state index contributed by atoms with van der Waals surface area (Å²) in [4.78, 5) is 15.4. The summed E-state index contributed by atoms with van der Waals surface area (Å²) in [5, 5.41) is 0. The normalized spacial score (nSPS) is 23.4. The van der Waals surface area contributed by atoms with Gasteiger partial charge in [0.05, 0.1) is 0 Å².